The molecule has 0 bridgehead atoms. The number of anilines is 2. The number of nitrogens with one attached hydrogen (secondary N) is 1. The molecule has 0 aliphatic rings. The first-order valence-electron chi connectivity index (χ1n) is 5.36. The van der Waals surface area contributed by atoms with Crippen LogP contribution in [0.25, 0.3) is 0 Å². The normalized spacial score (nSPS) is 10.5. The first-order chi connectivity index (χ1) is 8.10. The Balaban J connectivity index is 2.19. The third kappa shape index (κ3) is 2.30. The van der Waals surface area contributed by atoms with Gasteiger partial charge in [0.25, 0.3) is 5.91 Å². The maximum atomic E-state index is 12.0. The van der Waals surface area contributed by atoms with Gasteiger partial charge in [-0.05, 0) is 13.0 Å². The number of hydrogen-bond donors (Lipinski definition) is 2. The van der Waals surface area contributed by atoms with Gasteiger partial charge in [-0.3, -0.25) is 9.48 Å². The molecule has 1 amide bonds. The van der Waals surface area contributed by atoms with E-state index in [0.717, 1.165) is 0 Å². The molecule has 2 aromatic rings. The van der Waals surface area contributed by atoms with E-state index in [4.69, 9.17) is 5.73 Å². The minimum absolute atomic E-state index is 0.206. The van der Waals surface area contributed by atoms with Crippen molar-refractivity contribution >= 4 is 17.4 Å². The van der Waals surface area contributed by atoms with Crippen molar-refractivity contribution in [3.05, 3.63) is 30.2 Å². The summed E-state index contributed by atoms with van der Waals surface area (Å²) in [5.74, 6) is 0.321. The highest BCUT2D eigenvalue weighted by Crippen LogP contribution is 2.12. The van der Waals surface area contributed by atoms with Gasteiger partial charge in [0.2, 0.25) is 0 Å². The molecule has 0 radical (unpaired) electrons. The van der Waals surface area contributed by atoms with Crippen LogP contribution in [0.1, 0.15) is 17.4 Å². The monoisotopic (exact) mass is 233 g/mol. The number of rotatable bonds is 3. The largest absolute Gasteiger partial charge is 0.397 e. The van der Waals surface area contributed by atoms with E-state index in [2.05, 4.69) is 10.4 Å². The molecule has 0 spiro atoms. The Morgan fingerprint density at radius 1 is 1.59 bits per heavy atom. The van der Waals surface area contributed by atoms with Crippen molar-refractivity contribution < 1.29 is 4.79 Å². The van der Waals surface area contributed by atoms with Crippen LogP contribution in [0.15, 0.2) is 24.5 Å². The summed E-state index contributed by atoms with van der Waals surface area (Å²) in [6.45, 7) is 2.65. The van der Waals surface area contributed by atoms with Gasteiger partial charge in [0.05, 0.1) is 5.69 Å². The van der Waals surface area contributed by atoms with Gasteiger partial charge in [-0.25, -0.2) is 0 Å². The molecule has 2 rings (SSSR count). The molecule has 6 heteroatoms. The second-order valence-electron chi connectivity index (χ2n) is 3.77. The van der Waals surface area contributed by atoms with Crippen molar-refractivity contribution in [2.45, 2.75) is 13.5 Å². The van der Waals surface area contributed by atoms with E-state index < -0.39 is 0 Å². The minimum atomic E-state index is -0.206. The molecule has 2 aromatic heterocycles. The lowest BCUT2D eigenvalue weighted by atomic mass is 10.4. The van der Waals surface area contributed by atoms with Gasteiger partial charge in [-0.15, -0.1) is 0 Å². The third-order valence-corrected chi connectivity index (χ3v) is 2.45. The average molecular weight is 233 g/mol. The highest BCUT2D eigenvalue weighted by Gasteiger charge is 2.13. The molecule has 6 nitrogen and oxygen atoms in total. The molecular formula is C11H15N5O. The Morgan fingerprint density at radius 3 is 2.94 bits per heavy atom. The van der Waals surface area contributed by atoms with E-state index in [0.29, 0.717) is 23.7 Å². The molecule has 0 atom stereocenters. The highest BCUT2D eigenvalue weighted by molar-refractivity contribution is 6.03. The van der Waals surface area contributed by atoms with Crippen molar-refractivity contribution in [2.75, 3.05) is 11.1 Å². The summed E-state index contributed by atoms with van der Waals surface area (Å²) >= 11 is 0. The number of hydrogen-bond acceptors (Lipinski definition) is 3. The van der Waals surface area contributed by atoms with E-state index in [-0.39, 0.29) is 5.91 Å². The van der Waals surface area contributed by atoms with Crippen molar-refractivity contribution in [2.24, 2.45) is 7.05 Å². The first-order valence-corrected chi connectivity index (χ1v) is 5.36. The Labute approximate surface area is 99.0 Å². The molecule has 0 unspecified atom stereocenters. The molecule has 0 aliphatic heterocycles. The molecular weight excluding hydrogens is 218 g/mol. The summed E-state index contributed by atoms with van der Waals surface area (Å²) in [6.07, 6.45) is 3.51. The molecule has 2 heterocycles. The number of aryl methyl sites for hydroxylation is 2. The Bertz CT molecular complexity index is 540. The highest BCUT2D eigenvalue weighted by atomic mass is 16.2. The summed E-state index contributed by atoms with van der Waals surface area (Å²) in [5.41, 5.74) is 6.79. The van der Waals surface area contributed by atoms with Crippen LogP contribution in [0.5, 0.6) is 0 Å². The standard InChI is InChI=1S/C11H15N5O/c1-3-16-7-8(12)6-9(16)11(17)13-10-4-5-15(2)14-10/h4-7H,3,12H2,1-2H3,(H,13,14,17). The number of carbonyl (C=O) groups excluding carboxylic acids is 1. The topological polar surface area (TPSA) is 77.9 Å². The zero-order valence-electron chi connectivity index (χ0n) is 9.84. The molecule has 0 aliphatic carbocycles. The Kier molecular flexibility index (Phi) is 2.86. The summed E-state index contributed by atoms with van der Waals surface area (Å²) in [6, 6.07) is 3.39. The SMILES string of the molecule is CCn1cc(N)cc1C(=O)Nc1ccn(C)n1. The van der Waals surface area contributed by atoms with Crippen molar-refractivity contribution in [3.8, 4) is 0 Å². The lowest BCUT2D eigenvalue weighted by Gasteiger charge is -2.05. The quantitative estimate of drug-likeness (QED) is 0.832. The molecule has 0 fully saturated rings. The number of nitrogens with zero attached hydrogens (tertiary/aromatic N) is 3. The van der Waals surface area contributed by atoms with E-state index in [1.165, 1.54) is 0 Å². The van der Waals surface area contributed by atoms with Gasteiger partial charge in [-0.1, -0.05) is 0 Å². The first kappa shape index (κ1) is 11.3. The van der Waals surface area contributed by atoms with Crippen LogP contribution in [0.4, 0.5) is 11.5 Å². The van der Waals surface area contributed by atoms with Gasteiger partial charge in [0.15, 0.2) is 5.82 Å². The van der Waals surface area contributed by atoms with Crippen LogP contribution in [-0.4, -0.2) is 20.3 Å². The van der Waals surface area contributed by atoms with Crippen LogP contribution >= 0.6 is 0 Å². The fourth-order valence-electron chi connectivity index (χ4n) is 1.65. The molecule has 3 N–H and O–H groups in total. The fraction of sp³-hybridized carbons (Fsp3) is 0.273. The second-order valence-corrected chi connectivity index (χ2v) is 3.77. The molecule has 0 saturated heterocycles. The van der Waals surface area contributed by atoms with E-state index in [1.807, 2.05) is 6.92 Å². The van der Waals surface area contributed by atoms with Gasteiger partial charge < -0.3 is 15.6 Å². The lowest BCUT2D eigenvalue weighted by Crippen LogP contribution is -2.16. The lowest BCUT2D eigenvalue weighted by molar-refractivity contribution is 0.101. The number of aromatic nitrogens is 3. The van der Waals surface area contributed by atoms with Gasteiger partial charge in [-0.2, -0.15) is 5.10 Å². The van der Waals surface area contributed by atoms with E-state index >= 15 is 0 Å². The molecule has 0 saturated carbocycles. The van der Waals surface area contributed by atoms with E-state index in [9.17, 15) is 4.79 Å². The summed E-state index contributed by atoms with van der Waals surface area (Å²) < 4.78 is 3.43. The van der Waals surface area contributed by atoms with Crippen LogP contribution < -0.4 is 11.1 Å². The zero-order chi connectivity index (χ0) is 12.4. The number of nitrogen functional groups attached to an aromatic ring is 1. The van der Waals surface area contributed by atoms with Crippen LogP contribution in [-0.2, 0) is 13.6 Å². The summed E-state index contributed by atoms with van der Waals surface area (Å²) in [5, 5.41) is 6.80. The number of carbonyl (C=O) groups is 1. The van der Waals surface area contributed by atoms with Crippen molar-refractivity contribution in [1.82, 2.24) is 14.3 Å². The van der Waals surface area contributed by atoms with Gasteiger partial charge >= 0.3 is 0 Å². The van der Waals surface area contributed by atoms with Crippen molar-refractivity contribution in [1.29, 1.82) is 0 Å². The maximum Gasteiger partial charge on any atom is 0.273 e. The number of nitrogens with two attached hydrogens (primary N) is 1. The average Bonchev–Trinajstić information content (AvgIpc) is 2.84. The van der Waals surface area contributed by atoms with E-state index in [1.54, 1.807) is 40.8 Å². The summed E-state index contributed by atoms with van der Waals surface area (Å²) in [7, 11) is 1.79. The van der Waals surface area contributed by atoms with Crippen LogP contribution in [0.3, 0.4) is 0 Å². The molecule has 17 heavy (non-hydrogen) atoms. The molecule has 90 valence electrons. The molecule has 0 aromatic carbocycles. The minimum Gasteiger partial charge on any atom is -0.397 e. The smallest absolute Gasteiger partial charge is 0.273 e. The predicted octanol–water partition coefficient (Wildman–Crippen LogP) is 1.08. The maximum absolute atomic E-state index is 12.0. The second kappa shape index (κ2) is 4.32. The third-order valence-electron chi connectivity index (χ3n) is 2.45. The Morgan fingerprint density at radius 2 is 2.35 bits per heavy atom. The van der Waals surface area contributed by atoms with Gasteiger partial charge in [0, 0.05) is 32.1 Å². The van der Waals surface area contributed by atoms with Crippen LogP contribution in [0.2, 0.25) is 0 Å². The van der Waals surface area contributed by atoms with Crippen LogP contribution in [0, 0.1) is 0 Å². The number of amides is 1. The zero-order valence-corrected chi connectivity index (χ0v) is 9.84. The summed E-state index contributed by atoms with van der Waals surface area (Å²) in [4.78, 5) is 12.0. The van der Waals surface area contributed by atoms with Crippen molar-refractivity contribution in [3.63, 3.8) is 0 Å². The van der Waals surface area contributed by atoms with Gasteiger partial charge in [0.1, 0.15) is 5.69 Å². The Hall–Kier alpha value is -2.24. The predicted molar refractivity (Wildman–Crippen MR) is 65.7 cm³/mol. The fourth-order valence-corrected chi connectivity index (χ4v) is 1.65.